The second kappa shape index (κ2) is 7.68. The van der Waals surface area contributed by atoms with Crippen molar-refractivity contribution in [2.45, 2.75) is 0 Å². The average molecular weight is 299 g/mol. The van der Waals surface area contributed by atoms with E-state index in [0.29, 0.717) is 22.5 Å². The molecule has 0 aliphatic carbocycles. The molecule has 7 heteroatoms. The minimum absolute atomic E-state index is 0.154. The molecule has 0 unspecified atom stereocenters. The monoisotopic (exact) mass is 299 g/mol. The second-order valence-corrected chi connectivity index (χ2v) is 4.21. The van der Waals surface area contributed by atoms with Crippen molar-refractivity contribution in [3.63, 3.8) is 0 Å². The molecule has 0 saturated heterocycles. The maximum Gasteiger partial charge on any atom is 0.270 e. The number of rotatable bonds is 3. The Hall–Kier alpha value is -4.02. The van der Waals surface area contributed by atoms with Crippen LogP contribution in [0.5, 0.6) is 0 Å². The van der Waals surface area contributed by atoms with Crippen LogP contribution in [-0.4, -0.2) is 5.84 Å². The van der Waals surface area contributed by atoms with Crippen molar-refractivity contribution in [1.29, 1.82) is 15.8 Å². The minimum Gasteiger partial charge on any atom is -0.276 e. The van der Waals surface area contributed by atoms with Crippen LogP contribution in [0.1, 0.15) is 11.1 Å². The molecule has 0 aromatic heterocycles. The van der Waals surface area contributed by atoms with Crippen LogP contribution in [0.4, 0.5) is 11.4 Å². The number of hydrogen-bond acceptors (Lipinski definition) is 6. The van der Waals surface area contributed by atoms with Crippen LogP contribution in [0.3, 0.4) is 0 Å². The van der Waals surface area contributed by atoms with Crippen molar-refractivity contribution < 1.29 is 0 Å². The lowest BCUT2D eigenvalue weighted by molar-refractivity contribution is 1.23. The third-order valence-electron chi connectivity index (χ3n) is 2.66. The number of amidine groups is 1. The van der Waals surface area contributed by atoms with Gasteiger partial charge < -0.3 is 0 Å². The van der Waals surface area contributed by atoms with Crippen molar-refractivity contribution in [1.82, 2.24) is 0 Å². The fourth-order valence-electron chi connectivity index (χ4n) is 1.51. The van der Waals surface area contributed by atoms with Gasteiger partial charge in [-0.3, -0.25) is 5.43 Å². The maximum atomic E-state index is 8.99. The molecule has 0 fully saturated rings. The van der Waals surface area contributed by atoms with Crippen molar-refractivity contribution in [3.05, 3.63) is 59.7 Å². The Morgan fingerprint density at radius 1 is 0.826 bits per heavy atom. The Kier molecular flexibility index (Phi) is 5.13. The zero-order chi connectivity index (χ0) is 16.5. The average Bonchev–Trinajstić information content (AvgIpc) is 2.62. The lowest BCUT2D eigenvalue weighted by Crippen LogP contribution is -1.95. The zero-order valence-corrected chi connectivity index (χ0v) is 11.8. The van der Waals surface area contributed by atoms with Gasteiger partial charge in [-0.05, 0) is 48.5 Å². The molecular formula is C16H9N7. The van der Waals surface area contributed by atoms with Gasteiger partial charge in [0, 0.05) is 0 Å². The number of anilines is 1. The summed E-state index contributed by atoms with van der Waals surface area (Å²) in [5, 5.41) is 37.8. The fraction of sp³-hybridized carbons (Fsp3) is 0. The fourth-order valence-corrected chi connectivity index (χ4v) is 1.51. The first-order valence-corrected chi connectivity index (χ1v) is 6.41. The van der Waals surface area contributed by atoms with Gasteiger partial charge in [0.25, 0.3) is 5.84 Å². The number of hydrazone groups is 1. The molecule has 0 heterocycles. The highest BCUT2D eigenvalue weighted by Gasteiger charge is 1.97. The normalized spacial score (nSPS) is 10.6. The Morgan fingerprint density at radius 2 is 1.39 bits per heavy atom. The molecule has 7 nitrogen and oxygen atoms in total. The lowest BCUT2D eigenvalue weighted by Gasteiger charge is -1.99. The third kappa shape index (κ3) is 4.49. The van der Waals surface area contributed by atoms with Crippen LogP contribution in [0.25, 0.3) is 0 Å². The summed E-state index contributed by atoms with van der Waals surface area (Å²) < 4.78 is 0. The van der Waals surface area contributed by atoms with E-state index in [0.717, 1.165) is 0 Å². The molecule has 0 aliphatic heterocycles. The molecule has 1 N–H and O–H groups in total. The first kappa shape index (κ1) is 15.4. The summed E-state index contributed by atoms with van der Waals surface area (Å²) in [4.78, 5) is 0. The molecule has 0 bridgehead atoms. The molecule has 0 amide bonds. The quantitative estimate of drug-likeness (QED) is 0.403. The summed E-state index contributed by atoms with van der Waals surface area (Å²) in [7, 11) is 0. The van der Waals surface area contributed by atoms with Gasteiger partial charge >= 0.3 is 0 Å². The Bertz CT molecular complexity index is 857. The molecule has 108 valence electrons. The summed E-state index contributed by atoms with van der Waals surface area (Å²) in [6.07, 6.45) is 0. The van der Waals surface area contributed by atoms with Crippen molar-refractivity contribution in [2.24, 2.45) is 15.3 Å². The SMILES string of the molecule is N#CC(/N=N/c1ccc(C#N)cc1)=N\Nc1ccc(C#N)cc1. The van der Waals surface area contributed by atoms with E-state index in [1.807, 2.05) is 18.2 Å². The molecule has 2 aromatic rings. The van der Waals surface area contributed by atoms with Gasteiger partial charge in [0.1, 0.15) is 6.07 Å². The van der Waals surface area contributed by atoms with E-state index >= 15 is 0 Å². The lowest BCUT2D eigenvalue weighted by atomic mass is 10.2. The molecule has 0 saturated carbocycles. The van der Waals surface area contributed by atoms with E-state index in [-0.39, 0.29) is 5.84 Å². The van der Waals surface area contributed by atoms with Gasteiger partial charge in [0.2, 0.25) is 0 Å². The van der Waals surface area contributed by atoms with Crippen LogP contribution in [0.2, 0.25) is 0 Å². The predicted molar refractivity (Wildman–Crippen MR) is 83.5 cm³/mol. The largest absolute Gasteiger partial charge is 0.276 e. The Morgan fingerprint density at radius 3 is 1.91 bits per heavy atom. The highest BCUT2D eigenvalue weighted by molar-refractivity contribution is 5.97. The van der Waals surface area contributed by atoms with E-state index in [9.17, 15) is 0 Å². The number of azo groups is 1. The van der Waals surface area contributed by atoms with E-state index in [2.05, 4.69) is 20.8 Å². The summed E-state index contributed by atoms with van der Waals surface area (Å²) in [5.41, 5.74) is 4.82. The predicted octanol–water partition coefficient (Wildman–Crippen LogP) is 3.46. The molecule has 2 rings (SSSR count). The summed E-state index contributed by atoms with van der Waals surface area (Å²) >= 11 is 0. The minimum atomic E-state index is -0.154. The summed E-state index contributed by atoms with van der Waals surface area (Å²) in [6, 6.07) is 18.8. The van der Waals surface area contributed by atoms with Gasteiger partial charge in [-0.2, -0.15) is 15.8 Å². The zero-order valence-electron chi connectivity index (χ0n) is 11.8. The topological polar surface area (TPSA) is 120 Å². The number of benzene rings is 2. The standard InChI is InChI=1S/C16H9N7/c17-9-12-1-5-14(6-2-12)20-22-16(11-19)23-21-15-7-3-13(10-18)4-8-15/h1-8,20H/b22-16+,23-21+. The van der Waals surface area contributed by atoms with E-state index in [4.69, 9.17) is 15.8 Å². The van der Waals surface area contributed by atoms with Gasteiger partial charge in [-0.15, -0.1) is 15.3 Å². The van der Waals surface area contributed by atoms with Crippen molar-refractivity contribution >= 4 is 17.2 Å². The number of nitrogens with zero attached hydrogens (tertiary/aromatic N) is 6. The number of nitrogens with one attached hydrogen (secondary N) is 1. The highest BCUT2D eigenvalue weighted by Crippen LogP contribution is 2.13. The Balaban J connectivity index is 2.06. The molecule has 0 radical (unpaired) electrons. The first-order valence-electron chi connectivity index (χ1n) is 6.41. The van der Waals surface area contributed by atoms with Gasteiger partial charge in [-0.25, -0.2) is 0 Å². The number of hydrogen-bond donors (Lipinski definition) is 1. The summed E-state index contributed by atoms with van der Waals surface area (Å²) in [6.45, 7) is 0. The van der Waals surface area contributed by atoms with E-state index < -0.39 is 0 Å². The molecule has 0 aliphatic rings. The van der Waals surface area contributed by atoms with Crippen LogP contribution < -0.4 is 5.43 Å². The third-order valence-corrected chi connectivity index (χ3v) is 2.66. The second-order valence-electron chi connectivity index (χ2n) is 4.21. The molecule has 0 spiro atoms. The molecule has 0 atom stereocenters. The van der Waals surface area contributed by atoms with Crippen LogP contribution in [-0.2, 0) is 0 Å². The maximum absolute atomic E-state index is 8.99. The first-order chi connectivity index (χ1) is 11.2. The molecule has 2 aromatic carbocycles. The number of nitriles is 3. The summed E-state index contributed by atoms with van der Waals surface area (Å²) in [5.74, 6) is -0.154. The van der Waals surface area contributed by atoms with Crippen LogP contribution >= 0.6 is 0 Å². The van der Waals surface area contributed by atoms with E-state index in [1.54, 1.807) is 48.5 Å². The Labute approximate surface area is 132 Å². The van der Waals surface area contributed by atoms with Crippen LogP contribution in [0.15, 0.2) is 63.9 Å². The molecular weight excluding hydrogens is 290 g/mol. The molecule has 23 heavy (non-hydrogen) atoms. The van der Waals surface area contributed by atoms with Crippen molar-refractivity contribution in [2.75, 3.05) is 5.43 Å². The van der Waals surface area contributed by atoms with Crippen LogP contribution in [0, 0.1) is 34.0 Å². The van der Waals surface area contributed by atoms with Crippen molar-refractivity contribution in [3.8, 4) is 18.2 Å². The van der Waals surface area contributed by atoms with Gasteiger partial charge in [0.05, 0.1) is 34.6 Å². The van der Waals surface area contributed by atoms with E-state index in [1.165, 1.54) is 0 Å². The highest BCUT2D eigenvalue weighted by atomic mass is 15.3. The smallest absolute Gasteiger partial charge is 0.270 e. The van der Waals surface area contributed by atoms with Gasteiger partial charge in [-0.1, -0.05) is 0 Å². The van der Waals surface area contributed by atoms with Gasteiger partial charge in [0.15, 0.2) is 0 Å².